The van der Waals surface area contributed by atoms with Gasteiger partial charge in [0.15, 0.2) is 11.5 Å². The number of hydrogen-bond acceptors (Lipinski definition) is 3. The second kappa shape index (κ2) is 9.29. The number of fused-ring (bicyclic) bond motifs is 1. The van der Waals surface area contributed by atoms with Gasteiger partial charge < -0.3 is 19.7 Å². The highest BCUT2D eigenvalue weighted by Crippen LogP contribution is 2.42. The molecule has 1 N–H and O–H groups in total. The SMILES string of the molecule is COc1cc2c(cc1OC)C(c1cccc(C(F)(F)F)c1)N(C(=O)Nc1ccccc1C)CC2. The molecule has 0 saturated heterocycles. The second-order valence-corrected chi connectivity index (χ2v) is 8.12. The van der Waals surface area contributed by atoms with E-state index >= 15 is 0 Å². The van der Waals surface area contributed by atoms with E-state index in [2.05, 4.69) is 5.32 Å². The summed E-state index contributed by atoms with van der Waals surface area (Å²) in [5.41, 5.74) is 2.71. The van der Waals surface area contributed by atoms with Crippen LogP contribution in [0.15, 0.2) is 60.7 Å². The summed E-state index contributed by atoms with van der Waals surface area (Å²) in [6.07, 6.45) is -3.98. The van der Waals surface area contributed by atoms with Crippen LogP contribution in [-0.4, -0.2) is 31.7 Å². The number of rotatable bonds is 4. The van der Waals surface area contributed by atoms with E-state index in [9.17, 15) is 18.0 Å². The molecule has 4 rings (SSSR count). The predicted octanol–water partition coefficient (Wildman–Crippen LogP) is 6.21. The first-order valence-corrected chi connectivity index (χ1v) is 10.8. The molecule has 0 radical (unpaired) electrons. The lowest BCUT2D eigenvalue weighted by Gasteiger charge is -2.38. The minimum absolute atomic E-state index is 0.321. The molecule has 0 spiro atoms. The fourth-order valence-electron chi connectivity index (χ4n) is 4.31. The van der Waals surface area contributed by atoms with E-state index in [-0.39, 0.29) is 0 Å². The number of nitrogens with one attached hydrogen (secondary N) is 1. The average Bonchev–Trinajstić information content (AvgIpc) is 2.83. The zero-order valence-electron chi connectivity index (χ0n) is 19.1. The molecule has 2 amide bonds. The van der Waals surface area contributed by atoms with Crippen LogP contribution in [0, 0.1) is 6.92 Å². The number of alkyl halides is 3. The van der Waals surface area contributed by atoms with Crippen LogP contribution in [0.1, 0.15) is 33.9 Å². The number of ether oxygens (including phenoxy) is 2. The number of amides is 2. The number of aryl methyl sites for hydroxylation is 1. The summed E-state index contributed by atoms with van der Waals surface area (Å²) in [6.45, 7) is 2.20. The topological polar surface area (TPSA) is 50.8 Å². The van der Waals surface area contributed by atoms with E-state index in [1.807, 2.05) is 31.2 Å². The van der Waals surface area contributed by atoms with E-state index in [4.69, 9.17) is 9.47 Å². The highest BCUT2D eigenvalue weighted by atomic mass is 19.4. The Kier molecular flexibility index (Phi) is 6.41. The number of carbonyl (C=O) groups excluding carboxylic acids is 1. The predicted molar refractivity (Wildman–Crippen MR) is 123 cm³/mol. The van der Waals surface area contributed by atoms with Crippen LogP contribution in [0.4, 0.5) is 23.7 Å². The van der Waals surface area contributed by atoms with Gasteiger partial charge in [0.1, 0.15) is 0 Å². The first kappa shape index (κ1) is 23.5. The fourth-order valence-corrected chi connectivity index (χ4v) is 4.31. The first-order valence-electron chi connectivity index (χ1n) is 10.8. The Labute approximate surface area is 196 Å². The van der Waals surface area contributed by atoms with Gasteiger partial charge in [0.25, 0.3) is 0 Å². The van der Waals surface area contributed by atoms with Crippen molar-refractivity contribution >= 4 is 11.7 Å². The second-order valence-electron chi connectivity index (χ2n) is 8.12. The molecule has 178 valence electrons. The molecular weight excluding hydrogens is 445 g/mol. The molecule has 0 bridgehead atoms. The maximum absolute atomic E-state index is 13.5. The number of halogens is 3. The van der Waals surface area contributed by atoms with Crippen molar-refractivity contribution in [3.8, 4) is 11.5 Å². The molecular formula is C26H25F3N2O3. The lowest BCUT2D eigenvalue weighted by molar-refractivity contribution is -0.137. The van der Waals surface area contributed by atoms with Crippen LogP contribution in [-0.2, 0) is 12.6 Å². The zero-order valence-corrected chi connectivity index (χ0v) is 19.1. The average molecular weight is 470 g/mol. The minimum Gasteiger partial charge on any atom is -0.493 e. The highest BCUT2D eigenvalue weighted by Gasteiger charge is 2.36. The van der Waals surface area contributed by atoms with Crippen LogP contribution in [0.5, 0.6) is 11.5 Å². The summed E-state index contributed by atoms with van der Waals surface area (Å²) in [5, 5.41) is 2.92. The van der Waals surface area contributed by atoms with Crippen molar-refractivity contribution in [1.29, 1.82) is 0 Å². The van der Waals surface area contributed by atoms with Crippen molar-refractivity contribution in [3.05, 3.63) is 88.5 Å². The fraction of sp³-hybridized carbons (Fsp3) is 0.269. The lowest BCUT2D eigenvalue weighted by atomic mass is 9.87. The number of benzene rings is 3. The van der Waals surface area contributed by atoms with Gasteiger partial charge in [0, 0.05) is 12.2 Å². The Morgan fingerprint density at radius 2 is 1.71 bits per heavy atom. The number of urea groups is 1. The van der Waals surface area contributed by atoms with Crippen molar-refractivity contribution in [2.24, 2.45) is 0 Å². The quantitative estimate of drug-likeness (QED) is 0.493. The highest BCUT2D eigenvalue weighted by molar-refractivity contribution is 5.91. The monoisotopic (exact) mass is 470 g/mol. The van der Waals surface area contributed by atoms with Crippen molar-refractivity contribution in [2.45, 2.75) is 25.6 Å². The molecule has 1 atom stereocenters. The summed E-state index contributed by atoms with van der Waals surface area (Å²) in [6, 6.07) is 14.9. The zero-order chi connectivity index (χ0) is 24.5. The largest absolute Gasteiger partial charge is 0.493 e. The molecule has 1 heterocycles. The molecule has 1 unspecified atom stereocenters. The maximum Gasteiger partial charge on any atom is 0.416 e. The standard InChI is InChI=1S/C26H25F3N2O3/c1-16-7-4-5-10-21(16)30-25(32)31-12-11-17-14-22(33-2)23(34-3)15-20(17)24(31)18-8-6-9-19(13-18)26(27,28)29/h4-10,13-15,24H,11-12H2,1-3H3,(H,30,32). The van der Waals surface area contributed by atoms with Crippen LogP contribution in [0.3, 0.4) is 0 Å². The van der Waals surface area contributed by atoms with E-state index in [1.54, 1.807) is 23.1 Å². The molecule has 1 aliphatic heterocycles. The molecule has 5 nitrogen and oxygen atoms in total. The number of para-hydroxylation sites is 1. The van der Waals surface area contributed by atoms with Crippen molar-refractivity contribution in [1.82, 2.24) is 4.90 Å². The van der Waals surface area contributed by atoms with Gasteiger partial charge in [-0.25, -0.2) is 4.79 Å². The van der Waals surface area contributed by atoms with Crippen molar-refractivity contribution in [3.63, 3.8) is 0 Å². The Balaban J connectivity index is 1.82. The summed E-state index contributed by atoms with van der Waals surface area (Å²) >= 11 is 0. The first-order chi connectivity index (χ1) is 16.2. The summed E-state index contributed by atoms with van der Waals surface area (Å²) in [5.74, 6) is 0.973. The Bertz CT molecular complexity index is 1210. The van der Waals surface area contributed by atoms with Crippen LogP contribution >= 0.6 is 0 Å². The van der Waals surface area contributed by atoms with Gasteiger partial charge >= 0.3 is 12.2 Å². The Morgan fingerprint density at radius 3 is 2.38 bits per heavy atom. The molecule has 0 aliphatic carbocycles. The summed E-state index contributed by atoms with van der Waals surface area (Å²) in [4.78, 5) is 15.0. The van der Waals surface area contributed by atoms with Crippen molar-refractivity contribution in [2.75, 3.05) is 26.1 Å². The third kappa shape index (κ3) is 4.53. The van der Waals surface area contributed by atoms with Gasteiger partial charge in [-0.3, -0.25) is 0 Å². The van der Waals surface area contributed by atoms with Gasteiger partial charge in [-0.05, 0) is 65.9 Å². The van der Waals surface area contributed by atoms with E-state index in [0.717, 1.165) is 23.3 Å². The van der Waals surface area contributed by atoms with Crippen LogP contribution in [0.2, 0.25) is 0 Å². The van der Waals surface area contributed by atoms with Gasteiger partial charge in [-0.15, -0.1) is 0 Å². The smallest absolute Gasteiger partial charge is 0.416 e. The number of nitrogens with zero attached hydrogens (tertiary/aromatic N) is 1. The molecule has 3 aromatic carbocycles. The molecule has 0 fully saturated rings. The third-order valence-electron chi connectivity index (χ3n) is 6.05. The van der Waals surface area contributed by atoms with Gasteiger partial charge in [-0.1, -0.05) is 30.3 Å². The number of hydrogen-bond donors (Lipinski definition) is 1. The molecule has 0 aromatic heterocycles. The summed E-state index contributed by atoms with van der Waals surface area (Å²) in [7, 11) is 3.02. The lowest BCUT2D eigenvalue weighted by Crippen LogP contribution is -2.43. The van der Waals surface area contributed by atoms with Crippen LogP contribution in [0.25, 0.3) is 0 Å². The molecule has 0 saturated carbocycles. The number of methoxy groups -OCH3 is 2. The molecule has 1 aliphatic rings. The Morgan fingerprint density at radius 1 is 1.00 bits per heavy atom. The number of anilines is 1. The van der Waals surface area contributed by atoms with Crippen molar-refractivity contribution < 1.29 is 27.4 Å². The normalized spacial score (nSPS) is 15.5. The third-order valence-corrected chi connectivity index (χ3v) is 6.05. The van der Waals surface area contributed by atoms with Gasteiger partial charge in [-0.2, -0.15) is 13.2 Å². The Hall–Kier alpha value is -3.68. The molecule has 3 aromatic rings. The molecule has 8 heteroatoms. The number of carbonyl (C=O) groups is 1. The minimum atomic E-state index is -4.50. The van der Waals surface area contributed by atoms with E-state index < -0.39 is 23.8 Å². The molecule has 34 heavy (non-hydrogen) atoms. The maximum atomic E-state index is 13.5. The van der Waals surface area contributed by atoms with E-state index in [1.165, 1.54) is 20.3 Å². The van der Waals surface area contributed by atoms with Crippen LogP contribution < -0.4 is 14.8 Å². The van der Waals surface area contributed by atoms with Gasteiger partial charge in [0.05, 0.1) is 25.8 Å². The van der Waals surface area contributed by atoms with Gasteiger partial charge in [0.2, 0.25) is 0 Å². The summed E-state index contributed by atoms with van der Waals surface area (Å²) < 4.78 is 51.4. The van der Waals surface area contributed by atoms with E-state index in [0.29, 0.717) is 41.3 Å².